The van der Waals surface area contributed by atoms with E-state index in [2.05, 4.69) is 72.8 Å². The van der Waals surface area contributed by atoms with Gasteiger partial charge in [-0.3, -0.25) is 0 Å². The minimum atomic E-state index is -1.80. The molecule has 3 heteroatoms. The van der Waals surface area contributed by atoms with Crippen LogP contribution in [-0.2, 0) is 0 Å². The van der Waals surface area contributed by atoms with Crippen LogP contribution in [0.15, 0.2) is 91.0 Å². The van der Waals surface area contributed by atoms with E-state index in [-0.39, 0.29) is 23.6 Å². The standard InChI is InChI=1S/C20H20OP.BrH/c21-16-17-22(18-10-4-1-5-11-18,19-12-6-2-7-13-19)20-14-8-3-9-15-20;/h1-15,21H,16-17H2;1H/q+1;. The SMILES string of the molecule is Br.OCC[P+](c1ccccc1)(c1ccccc1)c1ccccc1. The number of benzene rings is 3. The molecular formula is C20H21BrOP+. The lowest BCUT2D eigenvalue weighted by atomic mass is 10.4. The molecule has 0 fully saturated rings. The zero-order chi connectivity index (χ0) is 15.3. The van der Waals surface area contributed by atoms with Gasteiger partial charge in [0.25, 0.3) is 0 Å². The van der Waals surface area contributed by atoms with E-state index in [1.54, 1.807) is 0 Å². The van der Waals surface area contributed by atoms with Crippen molar-refractivity contribution in [3.63, 3.8) is 0 Å². The Morgan fingerprint density at radius 2 is 0.870 bits per heavy atom. The van der Waals surface area contributed by atoms with Gasteiger partial charge in [-0.05, 0) is 36.4 Å². The Hall–Kier alpha value is -1.47. The second-order valence-electron chi connectivity index (χ2n) is 5.26. The van der Waals surface area contributed by atoms with E-state index < -0.39 is 7.26 Å². The van der Waals surface area contributed by atoms with Crippen LogP contribution in [0.3, 0.4) is 0 Å². The average molecular weight is 388 g/mol. The van der Waals surface area contributed by atoms with Gasteiger partial charge in [-0.1, -0.05) is 54.6 Å². The van der Waals surface area contributed by atoms with Gasteiger partial charge >= 0.3 is 0 Å². The molecule has 0 saturated heterocycles. The van der Waals surface area contributed by atoms with Crippen LogP contribution in [0, 0.1) is 0 Å². The molecule has 3 rings (SSSR count). The lowest BCUT2D eigenvalue weighted by Crippen LogP contribution is -2.34. The van der Waals surface area contributed by atoms with Gasteiger partial charge in [0.15, 0.2) is 0 Å². The van der Waals surface area contributed by atoms with E-state index in [0.717, 1.165) is 6.16 Å². The quantitative estimate of drug-likeness (QED) is 0.663. The molecule has 1 nitrogen and oxygen atoms in total. The molecule has 3 aromatic carbocycles. The monoisotopic (exact) mass is 387 g/mol. The maximum atomic E-state index is 9.81. The molecule has 0 unspecified atom stereocenters. The number of aliphatic hydroxyl groups excluding tert-OH is 1. The molecule has 118 valence electrons. The Morgan fingerprint density at radius 3 is 1.13 bits per heavy atom. The van der Waals surface area contributed by atoms with Crippen LogP contribution in [0.5, 0.6) is 0 Å². The maximum absolute atomic E-state index is 9.81. The smallest absolute Gasteiger partial charge is 0.114 e. The first-order valence-corrected chi connectivity index (χ1v) is 9.51. The molecule has 3 aromatic rings. The molecule has 0 atom stereocenters. The number of aliphatic hydroxyl groups is 1. The van der Waals surface area contributed by atoms with Gasteiger partial charge in [0.05, 0.1) is 12.8 Å². The summed E-state index contributed by atoms with van der Waals surface area (Å²) in [6.07, 6.45) is 0.769. The predicted octanol–water partition coefficient (Wildman–Crippen LogP) is 3.55. The van der Waals surface area contributed by atoms with Gasteiger partial charge < -0.3 is 5.11 Å². The molecule has 23 heavy (non-hydrogen) atoms. The number of halogens is 1. The van der Waals surface area contributed by atoms with Gasteiger partial charge in [0, 0.05) is 0 Å². The van der Waals surface area contributed by atoms with Crippen molar-refractivity contribution >= 4 is 40.2 Å². The van der Waals surface area contributed by atoms with Crippen molar-refractivity contribution in [1.82, 2.24) is 0 Å². The van der Waals surface area contributed by atoms with Gasteiger partial charge in [0.2, 0.25) is 0 Å². The van der Waals surface area contributed by atoms with Crippen molar-refractivity contribution in [1.29, 1.82) is 0 Å². The summed E-state index contributed by atoms with van der Waals surface area (Å²) < 4.78 is 0. The van der Waals surface area contributed by atoms with Crippen LogP contribution < -0.4 is 15.9 Å². The van der Waals surface area contributed by atoms with Crippen LogP contribution in [0.1, 0.15) is 0 Å². The summed E-state index contributed by atoms with van der Waals surface area (Å²) in [4.78, 5) is 0. The van der Waals surface area contributed by atoms with Gasteiger partial charge in [0.1, 0.15) is 23.2 Å². The first-order valence-electron chi connectivity index (χ1n) is 7.54. The third-order valence-electron chi connectivity index (χ3n) is 4.03. The van der Waals surface area contributed by atoms with Crippen molar-refractivity contribution in [2.75, 3.05) is 12.8 Å². The van der Waals surface area contributed by atoms with E-state index in [0.29, 0.717) is 0 Å². The van der Waals surface area contributed by atoms with Crippen molar-refractivity contribution in [3.05, 3.63) is 91.0 Å². The summed E-state index contributed by atoms with van der Waals surface area (Å²) in [5.74, 6) is 0. The summed E-state index contributed by atoms with van der Waals surface area (Å²) in [6, 6.07) is 31.9. The molecule has 1 N–H and O–H groups in total. The van der Waals surface area contributed by atoms with Gasteiger partial charge in [-0.25, -0.2) is 0 Å². The summed E-state index contributed by atoms with van der Waals surface area (Å²) in [5, 5.41) is 13.8. The second-order valence-corrected chi connectivity index (χ2v) is 8.88. The largest absolute Gasteiger partial charge is 0.393 e. The number of hydrogen-bond donors (Lipinski definition) is 1. The zero-order valence-electron chi connectivity index (χ0n) is 12.9. The molecule has 0 radical (unpaired) electrons. The first-order chi connectivity index (χ1) is 10.9. The fraction of sp³-hybridized carbons (Fsp3) is 0.100. The zero-order valence-corrected chi connectivity index (χ0v) is 15.5. The molecule has 0 aliphatic rings. The molecule has 0 amide bonds. The van der Waals surface area contributed by atoms with Crippen LogP contribution >= 0.6 is 24.2 Å². The van der Waals surface area contributed by atoms with Crippen molar-refractivity contribution in [2.45, 2.75) is 0 Å². The predicted molar refractivity (Wildman–Crippen MR) is 107 cm³/mol. The van der Waals surface area contributed by atoms with Crippen LogP contribution in [0.25, 0.3) is 0 Å². The van der Waals surface area contributed by atoms with E-state index in [1.807, 2.05) is 18.2 Å². The molecule has 0 saturated carbocycles. The van der Waals surface area contributed by atoms with Crippen molar-refractivity contribution in [3.8, 4) is 0 Å². The Morgan fingerprint density at radius 1 is 0.565 bits per heavy atom. The second kappa shape index (κ2) is 8.40. The topological polar surface area (TPSA) is 20.2 Å². The van der Waals surface area contributed by atoms with Crippen LogP contribution in [0.4, 0.5) is 0 Å². The third kappa shape index (κ3) is 3.55. The van der Waals surface area contributed by atoms with Crippen molar-refractivity contribution < 1.29 is 5.11 Å². The Bertz CT molecular complexity index is 605. The Labute approximate surface area is 149 Å². The van der Waals surface area contributed by atoms with Crippen LogP contribution in [-0.4, -0.2) is 17.9 Å². The Kier molecular flexibility index (Phi) is 6.53. The number of rotatable bonds is 5. The normalized spacial score (nSPS) is 10.8. The van der Waals surface area contributed by atoms with E-state index in [9.17, 15) is 5.11 Å². The van der Waals surface area contributed by atoms with Gasteiger partial charge in [-0.2, -0.15) is 0 Å². The molecular weight excluding hydrogens is 367 g/mol. The lowest BCUT2D eigenvalue weighted by molar-refractivity contribution is 0.321. The minimum Gasteiger partial charge on any atom is -0.393 e. The maximum Gasteiger partial charge on any atom is 0.114 e. The highest BCUT2D eigenvalue weighted by atomic mass is 79.9. The van der Waals surface area contributed by atoms with E-state index in [4.69, 9.17) is 0 Å². The first kappa shape index (κ1) is 17.9. The van der Waals surface area contributed by atoms with Gasteiger partial charge in [-0.15, -0.1) is 17.0 Å². The highest BCUT2D eigenvalue weighted by molar-refractivity contribution is 8.93. The molecule has 0 spiro atoms. The lowest BCUT2D eigenvalue weighted by Gasteiger charge is -2.26. The summed E-state index contributed by atoms with van der Waals surface area (Å²) in [7, 11) is -1.80. The fourth-order valence-electron chi connectivity index (χ4n) is 3.03. The molecule has 0 aliphatic carbocycles. The fourth-order valence-corrected chi connectivity index (χ4v) is 7.04. The summed E-state index contributed by atoms with van der Waals surface area (Å²) >= 11 is 0. The third-order valence-corrected chi connectivity index (χ3v) is 8.44. The molecule has 0 heterocycles. The Balaban J connectivity index is 0.00000192. The minimum absolute atomic E-state index is 0. The molecule has 0 aliphatic heterocycles. The van der Waals surface area contributed by atoms with Crippen molar-refractivity contribution in [2.24, 2.45) is 0 Å². The number of hydrogen-bond acceptors (Lipinski definition) is 1. The average Bonchev–Trinajstić information content (AvgIpc) is 2.62. The highest BCUT2D eigenvalue weighted by Crippen LogP contribution is 2.54. The highest BCUT2D eigenvalue weighted by Gasteiger charge is 2.44. The van der Waals surface area contributed by atoms with E-state index >= 15 is 0 Å². The summed E-state index contributed by atoms with van der Waals surface area (Å²) in [6.45, 7) is 0.187. The van der Waals surface area contributed by atoms with E-state index in [1.165, 1.54) is 15.9 Å². The molecule has 0 aromatic heterocycles. The molecule has 0 bridgehead atoms. The summed E-state index contributed by atoms with van der Waals surface area (Å²) in [5.41, 5.74) is 0. The van der Waals surface area contributed by atoms with Crippen LogP contribution in [0.2, 0.25) is 0 Å².